The number of hydrogen-bond donors (Lipinski definition) is 1. The third-order valence-electron chi connectivity index (χ3n) is 5.62. The third-order valence-corrected chi connectivity index (χ3v) is 5.62. The summed E-state index contributed by atoms with van der Waals surface area (Å²) in [6, 6.07) is 15.9. The molecule has 0 radical (unpaired) electrons. The van der Waals surface area contributed by atoms with Gasteiger partial charge in [0.15, 0.2) is 5.89 Å². The van der Waals surface area contributed by atoms with E-state index in [1.807, 2.05) is 30.3 Å². The van der Waals surface area contributed by atoms with Gasteiger partial charge in [-0.25, -0.2) is 4.98 Å². The van der Waals surface area contributed by atoms with E-state index in [9.17, 15) is 14.9 Å². The minimum atomic E-state index is -0.432. The Balaban J connectivity index is 1.59. The molecule has 160 valence electrons. The summed E-state index contributed by atoms with van der Waals surface area (Å²) in [5, 5.41) is 14.0. The predicted molar refractivity (Wildman–Crippen MR) is 117 cm³/mol. The number of rotatable bonds is 6. The van der Waals surface area contributed by atoms with Gasteiger partial charge in [0.1, 0.15) is 5.69 Å². The van der Waals surface area contributed by atoms with Crippen LogP contribution in [0.4, 0.5) is 5.69 Å². The Labute approximate surface area is 180 Å². The van der Waals surface area contributed by atoms with Crippen molar-refractivity contribution in [1.82, 2.24) is 10.3 Å². The summed E-state index contributed by atoms with van der Waals surface area (Å²) in [6.07, 6.45) is 6.98. The van der Waals surface area contributed by atoms with Crippen LogP contribution in [0.5, 0.6) is 0 Å². The van der Waals surface area contributed by atoms with Crippen LogP contribution in [0.3, 0.4) is 0 Å². The Morgan fingerprint density at radius 1 is 1.03 bits per heavy atom. The van der Waals surface area contributed by atoms with Crippen LogP contribution in [0.15, 0.2) is 59.0 Å². The highest BCUT2D eigenvalue weighted by molar-refractivity contribution is 5.97. The van der Waals surface area contributed by atoms with Crippen molar-refractivity contribution in [2.75, 3.05) is 0 Å². The van der Waals surface area contributed by atoms with E-state index in [0.29, 0.717) is 18.0 Å². The van der Waals surface area contributed by atoms with Gasteiger partial charge in [-0.2, -0.15) is 0 Å². The lowest BCUT2D eigenvalue weighted by molar-refractivity contribution is -0.384. The van der Waals surface area contributed by atoms with Crippen LogP contribution in [0.25, 0.3) is 11.3 Å². The summed E-state index contributed by atoms with van der Waals surface area (Å²) < 4.78 is 5.93. The minimum Gasteiger partial charge on any atom is -0.434 e. The van der Waals surface area contributed by atoms with Crippen LogP contribution in [-0.2, 0) is 6.42 Å². The molecule has 1 saturated carbocycles. The lowest BCUT2D eigenvalue weighted by Gasteiger charge is -2.15. The van der Waals surface area contributed by atoms with Gasteiger partial charge >= 0.3 is 0 Å². The zero-order chi connectivity index (χ0) is 21.6. The van der Waals surface area contributed by atoms with E-state index in [1.54, 1.807) is 12.1 Å². The monoisotopic (exact) mass is 419 g/mol. The maximum Gasteiger partial charge on any atom is 0.289 e. The molecule has 1 N–H and O–H groups in total. The molecule has 0 atom stereocenters. The maximum absolute atomic E-state index is 13.1. The fourth-order valence-corrected chi connectivity index (χ4v) is 3.97. The molecule has 1 amide bonds. The molecule has 1 aliphatic rings. The number of nitrogens with one attached hydrogen (secondary N) is 1. The average molecular weight is 419 g/mol. The van der Waals surface area contributed by atoms with E-state index in [-0.39, 0.29) is 23.4 Å². The lowest BCUT2D eigenvalue weighted by atomic mass is 10.1. The van der Waals surface area contributed by atoms with Gasteiger partial charge in [-0.1, -0.05) is 68.1 Å². The number of carbonyl (C=O) groups is 1. The molecule has 3 aromatic rings. The number of hydrogen-bond acceptors (Lipinski definition) is 5. The van der Waals surface area contributed by atoms with E-state index in [0.717, 1.165) is 36.8 Å². The van der Waals surface area contributed by atoms with Gasteiger partial charge in [0, 0.05) is 30.2 Å². The summed E-state index contributed by atoms with van der Waals surface area (Å²) >= 11 is 0. The molecule has 0 aliphatic heterocycles. The molecule has 31 heavy (non-hydrogen) atoms. The number of nitro benzene ring substituents is 1. The highest BCUT2D eigenvalue weighted by atomic mass is 16.6. The SMILES string of the molecule is O=C(NC1CCCCCC1)c1oc(Cc2ccc([N+](=O)[O-])cc2)nc1-c1ccccc1. The molecule has 1 aromatic heterocycles. The molecule has 0 bridgehead atoms. The van der Waals surface area contributed by atoms with E-state index in [1.165, 1.54) is 25.0 Å². The van der Waals surface area contributed by atoms with Crippen LogP contribution in [0.1, 0.15) is 60.5 Å². The Bertz CT molecular complexity index is 1040. The van der Waals surface area contributed by atoms with Crippen molar-refractivity contribution in [2.45, 2.75) is 51.0 Å². The van der Waals surface area contributed by atoms with Gasteiger partial charge in [-0.3, -0.25) is 14.9 Å². The number of nitrogens with zero attached hydrogens (tertiary/aromatic N) is 2. The summed E-state index contributed by atoms with van der Waals surface area (Å²) in [5.41, 5.74) is 2.18. The van der Waals surface area contributed by atoms with Gasteiger partial charge in [0.25, 0.3) is 11.6 Å². The number of amides is 1. The molecular formula is C24H25N3O4. The molecule has 0 saturated heterocycles. The first-order valence-corrected chi connectivity index (χ1v) is 10.7. The second-order valence-electron chi connectivity index (χ2n) is 7.91. The number of non-ortho nitro benzene ring substituents is 1. The standard InChI is InChI=1S/C24H25N3O4/c28-24(25-19-10-6-1-2-7-11-19)23-22(18-8-4-3-5-9-18)26-21(31-23)16-17-12-14-20(15-13-17)27(29)30/h3-5,8-9,12-15,19H,1-2,6-7,10-11,16H2,(H,25,28). The fourth-order valence-electron chi connectivity index (χ4n) is 3.97. The Hall–Kier alpha value is -3.48. The zero-order valence-corrected chi connectivity index (χ0v) is 17.3. The first-order chi connectivity index (χ1) is 15.1. The molecule has 0 spiro atoms. The van der Waals surface area contributed by atoms with E-state index < -0.39 is 4.92 Å². The lowest BCUT2D eigenvalue weighted by Crippen LogP contribution is -2.34. The first kappa shape index (κ1) is 20.8. The van der Waals surface area contributed by atoms with Crippen LogP contribution in [0, 0.1) is 10.1 Å². The van der Waals surface area contributed by atoms with Crippen LogP contribution in [-0.4, -0.2) is 21.9 Å². The number of oxazole rings is 1. The van der Waals surface area contributed by atoms with E-state index in [4.69, 9.17) is 4.42 Å². The van der Waals surface area contributed by atoms with Crippen molar-refractivity contribution in [3.63, 3.8) is 0 Å². The van der Waals surface area contributed by atoms with Gasteiger partial charge in [-0.05, 0) is 18.4 Å². The Kier molecular flexibility index (Phi) is 6.40. The molecule has 2 aromatic carbocycles. The van der Waals surface area contributed by atoms with Gasteiger partial charge in [0.05, 0.1) is 4.92 Å². The summed E-state index contributed by atoms with van der Waals surface area (Å²) in [4.78, 5) is 28.1. The molecule has 4 rings (SSSR count). The summed E-state index contributed by atoms with van der Waals surface area (Å²) in [6.45, 7) is 0. The molecular weight excluding hydrogens is 394 g/mol. The molecule has 7 heteroatoms. The molecule has 7 nitrogen and oxygen atoms in total. The smallest absolute Gasteiger partial charge is 0.289 e. The van der Waals surface area contributed by atoms with Crippen LogP contribution in [0.2, 0.25) is 0 Å². The van der Waals surface area contributed by atoms with Crippen LogP contribution < -0.4 is 5.32 Å². The number of benzene rings is 2. The van der Waals surface area contributed by atoms with E-state index in [2.05, 4.69) is 10.3 Å². The van der Waals surface area contributed by atoms with Crippen molar-refractivity contribution in [1.29, 1.82) is 0 Å². The summed E-state index contributed by atoms with van der Waals surface area (Å²) in [7, 11) is 0. The highest BCUT2D eigenvalue weighted by Crippen LogP contribution is 2.26. The van der Waals surface area contributed by atoms with Crippen molar-refractivity contribution < 1.29 is 14.1 Å². The first-order valence-electron chi connectivity index (χ1n) is 10.7. The van der Waals surface area contributed by atoms with Crippen molar-refractivity contribution >= 4 is 11.6 Å². The van der Waals surface area contributed by atoms with Crippen molar-refractivity contribution in [3.05, 3.63) is 81.9 Å². The fraction of sp³-hybridized carbons (Fsp3) is 0.333. The van der Waals surface area contributed by atoms with Crippen molar-refractivity contribution in [3.8, 4) is 11.3 Å². The zero-order valence-electron chi connectivity index (χ0n) is 17.3. The normalized spacial score (nSPS) is 14.7. The average Bonchev–Trinajstić information content (AvgIpc) is 3.03. The molecule has 1 aliphatic carbocycles. The maximum atomic E-state index is 13.1. The van der Waals surface area contributed by atoms with Gasteiger partial charge in [-0.15, -0.1) is 0 Å². The molecule has 1 fully saturated rings. The van der Waals surface area contributed by atoms with Crippen LogP contribution >= 0.6 is 0 Å². The van der Waals surface area contributed by atoms with Crippen molar-refractivity contribution in [2.24, 2.45) is 0 Å². The largest absolute Gasteiger partial charge is 0.434 e. The predicted octanol–water partition coefficient (Wildman–Crippen LogP) is 5.29. The second kappa shape index (κ2) is 9.55. The highest BCUT2D eigenvalue weighted by Gasteiger charge is 2.24. The number of nitro groups is 1. The third kappa shape index (κ3) is 5.17. The number of carbonyl (C=O) groups excluding carboxylic acids is 1. The second-order valence-corrected chi connectivity index (χ2v) is 7.91. The Morgan fingerprint density at radius 3 is 2.35 bits per heavy atom. The van der Waals surface area contributed by atoms with Gasteiger partial charge in [0.2, 0.25) is 5.76 Å². The minimum absolute atomic E-state index is 0.0320. The summed E-state index contributed by atoms with van der Waals surface area (Å²) in [5.74, 6) is 0.374. The number of aromatic nitrogens is 1. The molecule has 1 heterocycles. The van der Waals surface area contributed by atoms with Gasteiger partial charge < -0.3 is 9.73 Å². The molecule has 0 unspecified atom stereocenters. The van der Waals surface area contributed by atoms with E-state index >= 15 is 0 Å². The quantitative estimate of drug-likeness (QED) is 0.332. The Morgan fingerprint density at radius 2 is 1.71 bits per heavy atom. The topological polar surface area (TPSA) is 98.3 Å².